The fourth-order valence-electron chi connectivity index (χ4n) is 2.17. The van der Waals surface area contributed by atoms with E-state index in [9.17, 15) is 4.39 Å². The van der Waals surface area contributed by atoms with Gasteiger partial charge in [-0.25, -0.2) is 4.39 Å². The zero-order valence-electron chi connectivity index (χ0n) is 9.37. The van der Waals surface area contributed by atoms with Crippen LogP contribution >= 0.6 is 11.8 Å². The van der Waals surface area contributed by atoms with Crippen LogP contribution < -0.4 is 11.1 Å². The van der Waals surface area contributed by atoms with Gasteiger partial charge in [0.2, 0.25) is 0 Å². The second-order valence-corrected chi connectivity index (χ2v) is 5.38. The summed E-state index contributed by atoms with van der Waals surface area (Å²) in [7, 11) is 0. The van der Waals surface area contributed by atoms with E-state index < -0.39 is 0 Å². The van der Waals surface area contributed by atoms with E-state index in [4.69, 9.17) is 5.73 Å². The molecule has 0 spiro atoms. The Morgan fingerprint density at radius 2 is 2.25 bits per heavy atom. The van der Waals surface area contributed by atoms with Crippen molar-refractivity contribution in [1.29, 1.82) is 0 Å². The average molecular weight is 240 g/mol. The van der Waals surface area contributed by atoms with E-state index in [0.29, 0.717) is 11.7 Å². The summed E-state index contributed by atoms with van der Waals surface area (Å²) in [4.78, 5) is 0. The van der Waals surface area contributed by atoms with Gasteiger partial charge in [-0.3, -0.25) is 0 Å². The molecule has 1 aromatic rings. The Bertz CT molecular complexity index is 370. The number of thioether (sulfide) groups is 1. The number of rotatable bonds is 3. The molecule has 2 unspecified atom stereocenters. The molecule has 2 rings (SSSR count). The number of hydrogen-bond donors (Lipinski definition) is 2. The van der Waals surface area contributed by atoms with Crippen LogP contribution in [0.5, 0.6) is 0 Å². The van der Waals surface area contributed by atoms with E-state index >= 15 is 0 Å². The molecule has 4 heteroatoms. The van der Waals surface area contributed by atoms with E-state index in [0.717, 1.165) is 17.4 Å². The molecule has 1 saturated carbocycles. The van der Waals surface area contributed by atoms with E-state index in [1.54, 1.807) is 6.07 Å². The van der Waals surface area contributed by atoms with Gasteiger partial charge in [0, 0.05) is 11.3 Å². The van der Waals surface area contributed by atoms with Gasteiger partial charge in [-0.2, -0.15) is 11.8 Å². The summed E-state index contributed by atoms with van der Waals surface area (Å²) in [6, 6.07) is 5.00. The van der Waals surface area contributed by atoms with Crippen molar-refractivity contribution >= 4 is 23.1 Å². The first-order chi connectivity index (χ1) is 7.69. The fraction of sp³-hybridized carbons (Fsp3) is 0.500. The Hall–Kier alpha value is -0.900. The Kier molecular flexibility index (Phi) is 3.59. The van der Waals surface area contributed by atoms with Gasteiger partial charge in [-0.15, -0.1) is 0 Å². The van der Waals surface area contributed by atoms with Crippen LogP contribution in [0.15, 0.2) is 18.2 Å². The van der Waals surface area contributed by atoms with Crippen LogP contribution in [0.2, 0.25) is 0 Å². The maximum atomic E-state index is 12.9. The molecule has 88 valence electrons. The highest BCUT2D eigenvalue weighted by molar-refractivity contribution is 7.99. The van der Waals surface area contributed by atoms with Crippen molar-refractivity contribution in [3.63, 3.8) is 0 Å². The number of benzene rings is 1. The van der Waals surface area contributed by atoms with Crippen molar-refractivity contribution < 1.29 is 4.39 Å². The molecular weight excluding hydrogens is 223 g/mol. The second-order valence-electron chi connectivity index (χ2n) is 4.24. The molecule has 1 aromatic carbocycles. The molecule has 0 bridgehead atoms. The van der Waals surface area contributed by atoms with Crippen LogP contribution in [0.4, 0.5) is 15.8 Å². The molecular formula is C12H17FN2S. The summed E-state index contributed by atoms with van der Waals surface area (Å²) in [6.07, 6.45) is 5.74. The van der Waals surface area contributed by atoms with Crippen molar-refractivity contribution in [2.45, 2.75) is 30.6 Å². The van der Waals surface area contributed by atoms with Crippen LogP contribution in [-0.2, 0) is 0 Å². The first-order valence-electron chi connectivity index (χ1n) is 5.53. The summed E-state index contributed by atoms with van der Waals surface area (Å²) >= 11 is 1.92. The molecule has 0 aromatic heterocycles. The molecule has 0 heterocycles. The number of nitrogens with two attached hydrogens (primary N) is 1. The molecule has 1 aliphatic carbocycles. The van der Waals surface area contributed by atoms with Crippen LogP contribution in [0.25, 0.3) is 0 Å². The van der Waals surface area contributed by atoms with Gasteiger partial charge in [0.05, 0.1) is 11.4 Å². The lowest BCUT2D eigenvalue weighted by Crippen LogP contribution is -2.16. The Labute approximate surface area is 99.8 Å². The number of halogens is 1. The van der Waals surface area contributed by atoms with Crippen LogP contribution in [-0.4, -0.2) is 17.5 Å². The van der Waals surface area contributed by atoms with Gasteiger partial charge in [0.15, 0.2) is 0 Å². The lowest BCUT2D eigenvalue weighted by atomic mass is 10.2. The minimum Gasteiger partial charge on any atom is -0.397 e. The monoisotopic (exact) mass is 240 g/mol. The van der Waals surface area contributed by atoms with Crippen LogP contribution in [0.1, 0.15) is 19.3 Å². The predicted octanol–water partition coefficient (Wildman–Crippen LogP) is 3.10. The van der Waals surface area contributed by atoms with E-state index in [-0.39, 0.29) is 5.82 Å². The largest absolute Gasteiger partial charge is 0.397 e. The maximum absolute atomic E-state index is 12.9. The summed E-state index contributed by atoms with van der Waals surface area (Å²) in [5.74, 6) is -0.281. The SMILES string of the molecule is CSC1CCC(Nc2ccc(F)cc2N)C1. The molecule has 2 atom stereocenters. The van der Waals surface area contributed by atoms with Gasteiger partial charge in [-0.05, 0) is 43.7 Å². The quantitative estimate of drug-likeness (QED) is 0.797. The molecule has 2 nitrogen and oxygen atoms in total. The van der Waals surface area contributed by atoms with Gasteiger partial charge >= 0.3 is 0 Å². The third kappa shape index (κ3) is 2.61. The second kappa shape index (κ2) is 4.95. The Morgan fingerprint density at radius 3 is 2.88 bits per heavy atom. The lowest BCUT2D eigenvalue weighted by Gasteiger charge is -2.15. The highest BCUT2D eigenvalue weighted by atomic mass is 32.2. The maximum Gasteiger partial charge on any atom is 0.125 e. The van der Waals surface area contributed by atoms with Crippen molar-refractivity contribution in [3.05, 3.63) is 24.0 Å². The molecule has 0 aliphatic heterocycles. The smallest absolute Gasteiger partial charge is 0.125 e. The van der Waals surface area contributed by atoms with E-state index in [1.807, 2.05) is 11.8 Å². The third-order valence-electron chi connectivity index (χ3n) is 3.09. The first kappa shape index (κ1) is 11.6. The third-order valence-corrected chi connectivity index (χ3v) is 4.19. The first-order valence-corrected chi connectivity index (χ1v) is 6.82. The average Bonchev–Trinajstić information content (AvgIpc) is 2.70. The zero-order valence-corrected chi connectivity index (χ0v) is 10.2. The zero-order chi connectivity index (χ0) is 11.5. The van der Waals surface area contributed by atoms with Crippen molar-refractivity contribution in [3.8, 4) is 0 Å². The molecule has 0 saturated heterocycles. The van der Waals surface area contributed by atoms with Crippen LogP contribution in [0, 0.1) is 5.82 Å². The standard InChI is InChI=1S/C12H17FN2S/c1-16-10-4-3-9(7-10)15-12-5-2-8(13)6-11(12)14/h2,5-6,9-10,15H,3-4,7,14H2,1H3. The predicted molar refractivity (Wildman–Crippen MR) is 69.4 cm³/mol. The summed E-state index contributed by atoms with van der Waals surface area (Å²) in [5, 5.41) is 4.14. The minimum atomic E-state index is -0.281. The van der Waals surface area contributed by atoms with Crippen molar-refractivity contribution in [2.24, 2.45) is 0 Å². The van der Waals surface area contributed by atoms with Gasteiger partial charge in [-0.1, -0.05) is 0 Å². The lowest BCUT2D eigenvalue weighted by molar-refractivity contribution is 0.628. The van der Waals surface area contributed by atoms with Gasteiger partial charge in [0.25, 0.3) is 0 Å². The summed E-state index contributed by atoms with van der Waals surface area (Å²) in [6.45, 7) is 0. The number of nitrogen functional groups attached to an aromatic ring is 1. The minimum absolute atomic E-state index is 0.281. The number of hydrogen-bond acceptors (Lipinski definition) is 3. The Balaban J connectivity index is 1.99. The highest BCUT2D eigenvalue weighted by Crippen LogP contribution is 2.31. The molecule has 0 amide bonds. The molecule has 1 fully saturated rings. The normalized spacial score (nSPS) is 24.6. The number of nitrogens with one attached hydrogen (secondary N) is 1. The van der Waals surface area contributed by atoms with Gasteiger partial charge < -0.3 is 11.1 Å². The molecule has 16 heavy (non-hydrogen) atoms. The molecule has 0 radical (unpaired) electrons. The topological polar surface area (TPSA) is 38.0 Å². The molecule has 1 aliphatic rings. The molecule has 3 N–H and O–H groups in total. The van der Waals surface area contributed by atoms with E-state index in [1.165, 1.54) is 25.0 Å². The number of anilines is 2. The van der Waals surface area contributed by atoms with Gasteiger partial charge in [0.1, 0.15) is 5.82 Å². The summed E-state index contributed by atoms with van der Waals surface area (Å²) in [5.41, 5.74) is 7.11. The van der Waals surface area contributed by atoms with Crippen molar-refractivity contribution in [2.75, 3.05) is 17.3 Å². The van der Waals surface area contributed by atoms with Crippen LogP contribution in [0.3, 0.4) is 0 Å². The highest BCUT2D eigenvalue weighted by Gasteiger charge is 2.23. The fourth-order valence-corrected chi connectivity index (χ4v) is 2.97. The summed E-state index contributed by atoms with van der Waals surface area (Å²) < 4.78 is 12.9. The van der Waals surface area contributed by atoms with Crippen molar-refractivity contribution in [1.82, 2.24) is 0 Å². The van der Waals surface area contributed by atoms with E-state index in [2.05, 4.69) is 11.6 Å². The Morgan fingerprint density at radius 1 is 1.44 bits per heavy atom.